The van der Waals surface area contributed by atoms with Gasteiger partial charge in [0.05, 0.1) is 5.52 Å². The van der Waals surface area contributed by atoms with Crippen LogP contribution in [0.2, 0.25) is 0 Å². The van der Waals surface area contributed by atoms with Gasteiger partial charge in [-0.05, 0) is 18.9 Å². The van der Waals surface area contributed by atoms with E-state index >= 15 is 0 Å². The molecule has 0 aliphatic carbocycles. The number of carbonyl (C=O) groups is 1. The Morgan fingerprint density at radius 2 is 1.83 bits per heavy atom. The van der Waals surface area contributed by atoms with E-state index in [1.165, 1.54) is 12.8 Å². The Morgan fingerprint density at radius 1 is 1.11 bits per heavy atom. The lowest BCUT2D eigenvalue weighted by molar-refractivity contribution is 0.0757. The number of rotatable bonds is 1. The van der Waals surface area contributed by atoms with E-state index in [-0.39, 0.29) is 5.91 Å². The van der Waals surface area contributed by atoms with Crippen molar-refractivity contribution in [3.05, 3.63) is 30.0 Å². The summed E-state index contributed by atoms with van der Waals surface area (Å²) in [6, 6.07) is 7.78. The smallest absolute Gasteiger partial charge is 0.274 e. The number of hydrogen-bond donors (Lipinski definition) is 1. The van der Waals surface area contributed by atoms with Gasteiger partial charge >= 0.3 is 0 Å². The molecule has 4 heteroatoms. The molecule has 1 aromatic heterocycles. The number of hydrogen-bond acceptors (Lipinski definition) is 2. The molecule has 1 aromatic carbocycles. The maximum Gasteiger partial charge on any atom is 0.274 e. The largest absolute Gasteiger partial charge is 0.337 e. The van der Waals surface area contributed by atoms with Crippen molar-refractivity contribution in [2.24, 2.45) is 0 Å². The molecule has 94 valence electrons. The second kappa shape index (κ2) is 4.80. The van der Waals surface area contributed by atoms with Crippen LogP contribution in [-0.2, 0) is 0 Å². The third kappa shape index (κ3) is 1.98. The number of carbonyl (C=O) groups excluding carboxylic acids is 1. The van der Waals surface area contributed by atoms with Crippen LogP contribution >= 0.6 is 0 Å². The van der Waals surface area contributed by atoms with Gasteiger partial charge < -0.3 is 4.90 Å². The number of fused-ring (bicyclic) bond motifs is 1. The number of nitrogens with one attached hydrogen (secondary N) is 1. The summed E-state index contributed by atoms with van der Waals surface area (Å²) in [5.74, 6) is 0.0642. The molecule has 0 atom stereocenters. The molecule has 0 saturated carbocycles. The standard InChI is InChI=1S/C14H17N3O/c18-14(17-9-5-1-2-6-10-17)13-11-7-3-4-8-12(11)15-16-13/h3-4,7-8H,1-2,5-6,9-10H2,(H,15,16). The van der Waals surface area contributed by atoms with Crippen LogP contribution in [0.4, 0.5) is 0 Å². The van der Waals surface area contributed by atoms with Crippen molar-refractivity contribution >= 4 is 16.8 Å². The number of para-hydroxylation sites is 1. The lowest BCUT2D eigenvalue weighted by Crippen LogP contribution is -2.32. The molecule has 18 heavy (non-hydrogen) atoms. The highest BCUT2D eigenvalue weighted by Gasteiger charge is 2.21. The van der Waals surface area contributed by atoms with E-state index < -0.39 is 0 Å². The molecule has 0 spiro atoms. The molecule has 1 N–H and O–H groups in total. The molecular formula is C14H17N3O. The highest BCUT2D eigenvalue weighted by Crippen LogP contribution is 2.18. The van der Waals surface area contributed by atoms with Crippen molar-refractivity contribution in [2.45, 2.75) is 25.7 Å². The van der Waals surface area contributed by atoms with E-state index in [1.807, 2.05) is 29.2 Å². The van der Waals surface area contributed by atoms with Gasteiger partial charge in [0.15, 0.2) is 5.69 Å². The molecule has 1 aliphatic heterocycles. The quantitative estimate of drug-likeness (QED) is 0.836. The van der Waals surface area contributed by atoms with Gasteiger partial charge in [-0.15, -0.1) is 0 Å². The summed E-state index contributed by atoms with van der Waals surface area (Å²) < 4.78 is 0. The summed E-state index contributed by atoms with van der Waals surface area (Å²) >= 11 is 0. The van der Waals surface area contributed by atoms with Crippen molar-refractivity contribution in [3.8, 4) is 0 Å². The lowest BCUT2D eigenvalue weighted by atomic mass is 10.2. The first kappa shape index (κ1) is 11.3. The maximum atomic E-state index is 12.5. The molecule has 2 heterocycles. The number of amides is 1. The number of benzene rings is 1. The normalized spacial score (nSPS) is 16.8. The number of likely N-dealkylation sites (tertiary alicyclic amines) is 1. The summed E-state index contributed by atoms with van der Waals surface area (Å²) in [6.07, 6.45) is 4.67. The topological polar surface area (TPSA) is 49.0 Å². The Hall–Kier alpha value is -1.84. The summed E-state index contributed by atoms with van der Waals surface area (Å²) in [7, 11) is 0. The molecule has 3 rings (SSSR count). The molecule has 1 amide bonds. The first-order chi connectivity index (χ1) is 8.86. The zero-order valence-corrected chi connectivity index (χ0v) is 10.4. The SMILES string of the molecule is O=C(c1n[nH]c2ccccc12)N1CCCCCC1. The van der Waals surface area contributed by atoms with E-state index in [2.05, 4.69) is 10.2 Å². The molecule has 0 bridgehead atoms. The Labute approximate surface area is 106 Å². The van der Waals surface area contributed by atoms with E-state index in [0.29, 0.717) is 5.69 Å². The van der Waals surface area contributed by atoms with Gasteiger partial charge in [-0.2, -0.15) is 5.10 Å². The number of nitrogens with zero attached hydrogens (tertiary/aromatic N) is 2. The third-order valence-electron chi connectivity index (χ3n) is 3.57. The van der Waals surface area contributed by atoms with Gasteiger partial charge in [-0.25, -0.2) is 0 Å². The fraction of sp³-hybridized carbons (Fsp3) is 0.429. The van der Waals surface area contributed by atoms with E-state index in [1.54, 1.807) is 0 Å². The zero-order valence-electron chi connectivity index (χ0n) is 10.4. The van der Waals surface area contributed by atoms with E-state index in [4.69, 9.17) is 0 Å². The van der Waals surface area contributed by atoms with E-state index in [0.717, 1.165) is 36.8 Å². The molecule has 1 saturated heterocycles. The van der Waals surface area contributed by atoms with Gasteiger partial charge in [0, 0.05) is 18.5 Å². The molecule has 4 nitrogen and oxygen atoms in total. The molecule has 2 aromatic rings. The van der Waals surface area contributed by atoms with Crippen molar-refractivity contribution in [1.29, 1.82) is 0 Å². The summed E-state index contributed by atoms with van der Waals surface area (Å²) in [4.78, 5) is 14.4. The van der Waals surface area contributed by atoms with E-state index in [9.17, 15) is 4.79 Å². The lowest BCUT2D eigenvalue weighted by Gasteiger charge is -2.18. The van der Waals surface area contributed by atoms with Gasteiger partial charge in [-0.3, -0.25) is 9.89 Å². The van der Waals surface area contributed by atoms with Crippen molar-refractivity contribution in [3.63, 3.8) is 0 Å². The minimum atomic E-state index is 0.0642. The van der Waals surface area contributed by atoms with Crippen molar-refractivity contribution in [2.75, 3.05) is 13.1 Å². The Bertz CT molecular complexity index is 553. The molecule has 1 fully saturated rings. The van der Waals surface area contributed by atoms with Crippen LogP contribution in [0, 0.1) is 0 Å². The zero-order chi connectivity index (χ0) is 12.4. The maximum absolute atomic E-state index is 12.5. The minimum absolute atomic E-state index is 0.0642. The Morgan fingerprint density at radius 3 is 2.61 bits per heavy atom. The van der Waals surface area contributed by atoms with Gasteiger partial charge in [-0.1, -0.05) is 31.0 Å². The molecule has 0 radical (unpaired) electrons. The summed E-state index contributed by atoms with van der Waals surface area (Å²) in [5, 5.41) is 8.03. The Balaban J connectivity index is 1.91. The molecular weight excluding hydrogens is 226 g/mol. The third-order valence-corrected chi connectivity index (χ3v) is 3.57. The van der Waals surface area contributed by atoms with Crippen LogP contribution in [0.5, 0.6) is 0 Å². The van der Waals surface area contributed by atoms with Crippen molar-refractivity contribution < 1.29 is 4.79 Å². The first-order valence-electron chi connectivity index (χ1n) is 6.58. The number of H-pyrrole nitrogens is 1. The molecule has 0 unspecified atom stereocenters. The highest BCUT2D eigenvalue weighted by molar-refractivity contribution is 6.04. The Kier molecular flexibility index (Phi) is 3.00. The fourth-order valence-electron chi connectivity index (χ4n) is 2.55. The van der Waals surface area contributed by atoms with Crippen LogP contribution in [0.1, 0.15) is 36.2 Å². The van der Waals surface area contributed by atoms with Crippen LogP contribution in [0.3, 0.4) is 0 Å². The summed E-state index contributed by atoms with van der Waals surface area (Å²) in [5.41, 5.74) is 1.49. The minimum Gasteiger partial charge on any atom is -0.337 e. The monoisotopic (exact) mass is 243 g/mol. The second-order valence-corrected chi connectivity index (χ2v) is 4.82. The van der Waals surface area contributed by atoms with Gasteiger partial charge in [0.2, 0.25) is 0 Å². The second-order valence-electron chi connectivity index (χ2n) is 4.82. The fourth-order valence-corrected chi connectivity index (χ4v) is 2.55. The molecule has 1 aliphatic rings. The average molecular weight is 243 g/mol. The summed E-state index contributed by atoms with van der Waals surface area (Å²) in [6.45, 7) is 1.72. The van der Waals surface area contributed by atoms with Crippen LogP contribution in [-0.4, -0.2) is 34.1 Å². The number of aromatic amines is 1. The average Bonchev–Trinajstić information content (AvgIpc) is 2.65. The van der Waals surface area contributed by atoms with Crippen molar-refractivity contribution in [1.82, 2.24) is 15.1 Å². The highest BCUT2D eigenvalue weighted by atomic mass is 16.2. The predicted octanol–water partition coefficient (Wildman–Crippen LogP) is 2.58. The van der Waals surface area contributed by atoms with Crippen LogP contribution < -0.4 is 0 Å². The van der Waals surface area contributed by atoms with Crippen LogP contribution in [0.15, 0.2) is 24.3 Å². The van der Waals surface area contributed by atoms with Gasteiger partial charge in [0.1, 0.15) is 0 Å². The van der Waals surface area contributed by atoms with Crippen LogP contribution in [0.25, 0.3) is 10.9 Å². The predicted molar refractivity (Wildman–Crippen MR) is 70.5 cm³/mol. The number of aromatic nitrogens is 2. The first-order valence-corrected chi connectivity index (χ1v) is 6.58. The van der Waals surface area contributed by atoms with Gasteiger partial charge in [0.25, 0.3) is 5.91 Å².